The van der Waals surface area contributed by atoms with Gasteiger partial charge in [0.1, 0.15) is 18.0 Å². The maximum atomic E-state index is 15.3. The van der Waals surface area contributed by atoms with Crippen molar-refractivity contribution in [2.45, 2.75) is 90.7 Å². The Morgan fingerprint density at radius 1 is 1.25 bits per heavy atom. The van der Waals surface area contributed by atoms with Gasteiger partial charge in [0.05, 0.1) is 17.5 Å². The van der Waals surface area contributed by atoms with Crippen molar-refractivity contribution in [1.82, 2.24) is 5.32 Å². The molecule has 1 aliphatic carbocycles. The first-order valence-electron chi connectivity index (χ1n) is 11.4. The Hall–Kier alpha value is -2.44. The fourth-order valence-electron chi connectivity index (χ4n) is 4.23. The summed E-state index contributed by atoms with van der Waals surface area (Å²) in [5, 5.41) is 2.87. The van der Waals surface area contributed by atoms with E-state index in [9.17, 15) is 14.4 Å². The summed E-state index contributed by atoms with van der Waals surface area (Å²) in [5.74, 6) is -1.19. The second kappa shape index (κ2) is 8.49. The Balaban J connectivity index is 1.67. The van der Waals surface area contributed by atoms with Gasteiger partial charge in [0.25, 0.3) is 0 Å². The van der Waals surface area contributed by atoms with Crippen molar-refractivity contribution in [3.8, 4) is 0 Å². The molecule has 2 amide bonds. The van der Waals surface area contributed by atoms with Gasteiger partial charge in [0, 0.05) is 11.6 Å². The molecule has 1 aromatic rings. The monoisotopic (exact) mass is 446 g/mol. The van der Waals surface area contributed by atoms with Gasteiger partial charge in [0.15, 0.2) is 0 Å². The van der Waals surface area contributed by atoms with Gasteiger partial charge in [-0.1, -0.05) is 13.0 Å². The van der Waals surface area contributed by atoms with Crippen LogP contribution < -0.4 is 10.2 Å². The minimum Gasteiger partial charge on any atom is -0.460 e. The van der Waals surface area contributed by atoms with Crippen molar-refractivity contribution in [3.63, 3.8) is 0 Å². The van der Waals surface area contributed by atoms with Gasteiger partial charge in [0.2, 0.25) is 11.8 Å². The number of amides is 2. The van der Waals surface area contributed by atoms with Crippen LogP contribution in [0.1, 0.15) is 84.8 Å². The van der Waals surface area contributed by atoms with Gasteiger partial charge < -0.3 is 15.0 Å². The van der Waals surface area contributed by atoms with Gasteiger partial charge >= 0.3 is 5.97 Å². The van der Waals surface area contributed by atoms with E-state index in [4.69, 9.17) is 4.74 Å². The van der Waals surface area contributed by atoms with Gasteiger partial charge in [-0.25, -0.2) is 4.39 Å². The lowest BCUT2D eigenvalue weighted by Gasteiger charge is -2.25. The number of benzene rings is 1. The summed E-state index contributed by atoms with van der Waals surface area (Å²) in [6, 6.07) is 3.21. The highest BCUT2D eigenvalue weighted by Gasteiger charge is 2.47. The quantitative estimate of drug-likeness (QED) is 0.637. The fourth-order valence-corrected chi connectivity index (χ4v) is 4.23. The molecular formula is C25H35FN2O4. The molecule has 1 fully saturated rings. The lowest BCUT2D eigenvalue weighted by Crippen LogP contribution is -2.46. The minimum absolute atomic E-state index is 0.148. The molecule has 6 nitrogen and oxygen atoms in total. The molecule has 2 aliphatic rings. The Morgan fingerprint density at radius 2 is 1.88 bits per heavy atom. The molecule has 1 N–H and O–H groups in total. The zero-order valence-electron chi connectivity index (χ0n) is 20.2. The van der Waals surface area contributed by atoms with Crippen molar-refractivity contribution in [3.05, 3.63) is 29.1 Å². The molecule has 0 spiro atoms. The lowest BCUT2D eigenvalue weighted by atomic mass is 9.84. The number of fused-ring (bicyclic) bond motifs is 1. The number of carbonyl (C=O) groups excluding carboxylic acids is 3. The van der Waals surface area contributed by atoms with Gasteiger partial charge in [-0.15, -0.1) is 0 Å². The average molecular weight is 447 g/mol. The van der Waals surface area contributed by atoms with Crippen molar-refractivity contribution in [2.24, 2.45) is 5.92 Å². The molecule has 32 heavy (non-hydrogen) atoms. The number of halogens is 1. The first-order valence-corrected chi connectivity index (χ1v) is 11.4. The zero-order valence-corrected chi connectivity index (χ0v) is 20.2. The minimum atomic E-state index is -1.03. The summed E-state index contributed by atoms with van der Waals surface area (Å²) in [6.45, 7) is 12.3. The van der Waals surface area contributed by atoms with Crippen molar-refractivity contribution >= 4 is 23.5 Å². The molecule has 0 unspecified atom stereocenters. The molecule has 0 aromatic heterocycles. The first kappa shape index (κ1) is 24.2. The van der Waals surface area contributed by atoms with E-state index in [0.717, 1.165) is 12.8 Å². The smallest absolute Gasteiger partial charge is 0.306 e. The van der Waals surface area contributed by atoms with E-state index >= 15 is 4.39 Å². The predicted octanol–water partition coefficient (Wildman–Crippen LogP) is 4.20. The van der Waals surface area contributed by atoms with E-state index in [0.29, 0.717) is 16.8 Å². The Morgan fingerprint density at radius 3 is 2.44 bits per heavy atom. The largest absolute Gasteiger partial charge is 0.460 e. The summed E-state index contributed by atoms with van der Waals surface area (Å²) in [5.41, 5.74) is -0.0767. The highest BCUT2D eigenvalue weighted by molar-refractivity contribution is 6.10. The van der Waals surface area contributed by atoms with E-state index in [1.807, 2.05) is 34.6 Å². The van der Waals surface area contributed by atoms with E-state index in [1.54, 1.807) is 26.0 Å². The number of anilines is 1. The molecule has 176 valence electrons. The van der Waals surface area contributed by atoms with Crippen LogP contribution in [0.2, 0.25) is 0 Å². The van der Waals surface area contributed by atoms with Crippen molar-refractivity contribution in [1.29, 1.82) is 0 Å². The topological polar surface area (TPSA) is 75.7 Å². The molecule has 0 saturated heterocycles. The van der Waals surface area contributed by atoms with Gasteiger partial charge in [-0.2, -0.15) is 0 Å². The number of hydrogen-bond donors (Lipinski definition) is 1. The maximum Gasteiger partial charge on any atom is 0.306 e. The molecule has 2 atom stereocenters. The third-order valence-corrected chi connectivity index (χ3v) is 6.32. The van der Waals surface area contributed by atoms with E-state index in [1.165, 1.54) is 4.90 Å². The molecule has 1 heterocycles. The van der Waals surface area contributed by atoms with Crippen LogP contribution in [-0.2, 0) is 24.5 Å². The summed E-state index contributed by atoms with van der Waals surface area (Å²) in [4.78, 5) is 39.3. The van der Waals surface area contributed by atoms with Crippen LogP contribution in [0.5, 0.6) is 0 Å². The molecule has 1 saturated carbocycles. The second-order valence-corrected chi connectivity index (χ2v) is 10.8. The lowest BCUT2D eigenvalue weighted by molar-refractivity contribution is -0.156. The first-order chi connectivity index (χ1) is 14.7. The number of nitrogens with zero attached hydrogens (tertiary/aromatic N) is 1. The van der Waals surface area contributed by atoms with E-state index < -0.39 is 11.0 Å². The van der Waals surface area contributed by atoms with Crippen molar-refractivity contribution in [2.75, 3.05) is 11.4 Å². The van der Waals surface area contributed by atoms with E-state index in [-0.39, 0.29) is 54.4 Å². The van der Waals surface area contributed by atoms with Crippen LogP contribution in [0.3, 0.4) is 0 Å². The van der Waals surface area contributed by atoms with Crippen LogP contribution in [0.15, 0.2) is 12.1 Å². The van der Waals surface area contributed by atoms with Gasteiger partial charge in [-0.3, -0.25) is 14.4 Å². The molecule has 3 rings (SSSR count). The highest BCUT2D eigenvalue weighted by Crippen LogP contribution is 2.48. The molecule has 1 aromatic carbocycles. The van der Waals surface area contributed by atoms with Crippen molar-refractivity contribution < 1.29 is 23.5 Å². The average Bonchev–Trinajstić information content (AvgIpc) is 3.45. The fraction of sp³-hybridized carbons (Fsp3) is 0.640. The number of esters is 1. The maximum absolute atomic E-state index is 15.3. The SMILES string of the molecule is C[C@H](NC(=O)CN1C(=O)C(C)(C)c2c1ccc(C1CC1)c2F)[C@@H](C)CC(=O)OC(C)(C)C. The number of carbonyl (C=O) groups is 3. The summed E-state index contributed by atoms with van der Waals surface area (Å²) < 4.78 is 20.6. The number of nitrogens with one attached hydrogen (secondary N) is 1. The van der Waals surface area contributed by atoms with Crippen LogP contribution in [0.25, 0.3) is 0 Å². The van der Waals surface area contributed by atoms with Crippen LogP contribution >= 0.6 is 0 Å². The molecule has 0 bridgehead atoms. The zero-order chi connectivity index (χ0) is 24.0. The van der Waals surface area contributed by atoms with E-state index in [2.05, 4.69) is 5.32 Å². The summed E-state index contributed by atoms with van der Waals surface area (Å²) in [6.07, 6.45) is 2.11. The third-order valence-electron chi connectivity index (χ3n) is 6.32. The number of rotatable bonds is 7. The van der Waals surface area contributed by atoms with Gasteiger partial charge in [-0.05, 0) is 77.8 Å². The molecule has 0 radical (unpaired) electrons. The number of ether oxygens (including phenoxy) is 1. The summed E-state index contributed by atoms with van der Waals surface area (Å²) >= 11 is 0. The number of hydrogen-bond acceptors (Lipinski definition) is 4. The van der Waals surface area contributed by atoms with Crippen LogP contribution in [0, 0.1) is 11.7 Å². The molecule has 7 heteroatoms. The normalized spacial score (nSPS) is 19.4. The Labute approximate surface area is 189 Å². The van der Waals surface area contributed by atoms with Crippen LogP contribution in [-0.4, -0.2) is 36.0 Å². The highest BCUT2D eigenvalue weighted by atomic mass is 19.1. The summed E-state index contributed by atoms with van der Waals surface area (Å²) in [7, 11) is 0. The Bertz CT molecular complexity index is 931. The third kappa shape index (κ3) is 4.97. The molecular weight excluding hydrogens is 411 g/mol. The molecule has 1 aliphatic heterocycles. The Kier molecular flexibility index (Phi) is 6.42. The second-order valence-electron chi connectivity index (χ2n) is 10.8. The standard InChI is InChI=1S/C25H35FN2O4/c1-14(12-20(30)32-24(3,4)5)15(2)27-19(29)13-28-18-11-10-17(16-8-9-16)22(26)21(18)25(6,7)23(28)31/h10-11,14-16H,8-9,12-13H2,1-7H3,(H,27,29)/t14-,15-/m0/s1. The predicted molar refractivity (Wildman–Crippen MR) is 121 cm³/mol. The van der Waals surface area contributed by atoms with Crippen LogP contribution in [0.4, 0.5) is 10.1 Å².